The average Bonchev–Trinajstić information content (AvgIpc) is 2.38. The Morgan fingerprint density at radius 3 is 2.83 bits per heavy atom. The Morgan fingerprint density at radius 1 is 1.22 bits per heavy atom. The number of allylic oxidation sites excluding steroid dienone is 2. The van der Waals surface area contributed by atoms with Crippen molar-refractivity contribution >= 4 is 23.2 Å². The Kier molecular flexibility index (Phi) is 3.23. The van der Waals surface area contributed by atoms with E-state index in [1.807, 2.05) is 12.2 Å². The first kappa shape index (κ1) is 12.3. The second-order valence-electron chi connectivity index (χ2n) is 4.84. The Labute approximate surface area is 117 Å². The minimum atomic E-state index is -0.738. The van der Waals surface area contributed by atoms with Gasteiger partial charge in [-0.2, -0.15) is 0 Å². The minimum Gasteiger partial charge on any atom is -0.306 e. The highest BCUT2D eigenvalue weighted by molar-refractivity contribution is 6.50. The highest BCUT2D eigenvalue weighted by Gasteiger charge is 2.27. The fourth-order valence-corrected chi connectivity index (χ4v) is 2.90. The first-order valence-electron chi connectivity index (χ1n) is 6.24. The van der Waals surface area contributed by atoms with Crippen molar-refractivity contribution in [3.05, 3.63) is 59.2 Å². The summed E-state index contributed by atoms with van der Waals surface area (Å²) < 4.78 is -0.738. The number of halogens is 2. The third-order valence-electron chi connectivity index (χ3n) is 3.57. The van der Waals surface area contributed by atoms with Gasteiger partial charge in [-0.3, -0.25) is 0 Å². The summed E-state index contributed by atoms with van der Waals surface area (Å²) >= 11 is 12.2. The molecule has 1 N–H and O–H groups in total. The second-order valence-corrected chi connectivity index (χ2v) is 6.38. The number of rotatable bonds is 1. The van der Waals surface area contributed by atoms with Crippen LogP contribution in [0.15, 0.2) is 48.1 Å². The molecule has 2 aliphatic rings. The first-order valence-corrected chi connectivity index (χ1v) is 7.00. The fourth-order valence-electron chi connectivity index (χ4n) is 2.62. The van der Waals surface area contributed by atoms with Gasteiger partial charge in [-0.1, -0.05) is 59.6 Å². The minimum absolute atomic E-state index is 0.274. The van der Waals surface area contributed by atoms with E-state index in [1.54, 1.807) is 0 Å². The molecule has 3 rings (SSSR count). The molecule has 0 bridgehead atoms. The SMILES string of the molecule is ClC1(Cl)C=CC(C2NCCc3ccccc32)=CC1. The standard InChI is InChI=1S/C15H15Cl2N/c16-15(17)8-5-12(6-9-15)14-13-4-2-1-3-11(13)7-10-18-14/h1-6,8,14,18H,7,9-10H2. The zero-order valence-corrected chi connectivity index (χ0v) is 11.5. The van der Waals surface area contributed by atoms with E-state index in [2.05, 4.69) is 35.7 Å². The molecule has 94 valence electrons. The highest BCUT2D eigenvalue weighted by atomic mass is 35.5. The van der Waals surface area contributed by atoms with E-state index >= 15 is 0 Å². The number of hydrogen-bond acceptors (Lipinski definition) is 1. The van der Waals surface area contributed by atoms with Crippen LogP contribution in [0.5, 0.6) is 0 Å². The number of benzene rings is 1. The monoisotopic (exact) mass is 279 g/mol. The van der Waals surface area contributed by atoms with E-state index in [9.17, 15) is 0 Å². The molecule has 0 fully saturated rings. The molecule has 1 heterocycles. The summed E-state index contributed by atoms with van der Waals surface area (Å²) in [5, 5.41) is 3.57. The number of nitrogens with one attached hydrogen (secondary N) is 1. The molecule has 1 unspecified atom stereocenters. The van der Waals surface area contributed by atoms with Gasteiger partial charge in [0.05, 0.1) is 6.04 Å². The van der Waals surface area contributed by atoms with E-state index < -0.39 is 4.33 Å². The van der Waals surface area contributed by atoms with Gasteiger partial charge in [-0.05, 0) is 29.2 Å². The van der Waals surface area contributed by atoms with Gasteiger partial charge in [0.2, 0.25) is 0 Å². The molecule has 0 amide bonds. The quantitative estimate of drug-likeness (QED) is 0.768. The molecule has 1 aliphatic heterocycles. The lowest BCUT2D eigenvalue weighted by atomic mass is 9.87. The summed E-state index contributed by atoms with van der Waals surface area (Å²) in [4.78, 5) is 0. The van der Waals surface area contributed by atoms with Crippen LogP contribution in [0.4, 0.5) is 0 Å². The lowest BCUT2D eigenvalue weighted by Crippen LogP contribution is -2.31. The molecular formula is C15H15Cl2N. The van der Waals surface area contributed by atoms with E-state index in [1.165, 1.54) is 16.7 Å². The van der Waals surface area contributed by atoms with Gasteiger partial charge >= 0.3 is 0 Å². The highest BCUT2D eigenvalue weighted by Crippen LogP contribution is 2.37. The normalized spacial score (nSPS) is 25.4. The molecule has 0 saturated carbocycles. The summed E-state index contributed by atoms with van der Waals surface area (Å²) in [6.07, 6.45) is 7.83. The molecule has 1 nitrogen and oxygen atoms in total. The lowest BCUT2D eigenvalue weighted by molar-refractivity contribution is 0.563. The maximum absolute atomic E-state index is 6.09. The third kappa shape index (κ3) is 2.35. The molecular weight excluding hydrogens is 265 g/mol. The van der Waals surface area contributed by atoms with Crippen molar-refractivity contribution in [3.63, 3.8) is 0 Å². The van der Waals surface area contributed by atoms with Crippen LogP contribution in [0.2, 0.25) is 0 Å². The molecule has 3 heteroatoms. The average molecular weight is 280 g/mol. The zero-order valence-electron chi connectivity index (χ0n) is 10.00. The second kappa shape index (κ2) is 4.73. The number of hydrogen-bond donors (Lipinski definition) is 1. The topological polar surface area (TPSA) is 12.0 Å². The van der Waals surface area contributed by atoms with Crippen LogP contribution in [0.1, 0.15) is 23.6 Å². The van der Waals surface area contributed by atoms with Crippen molar-refractivity contribution in [3.8, 4) is 0 Å². The van der Waals surface area contributed by atoms with Crippen molar-refractivity contribution in [2.45, 2.75) is 23.2 Å². The van der Waals surface area contributed by atoms with Gasteiger partial charge in [0.15, 0.2) is 0 Å². The van der Waals surface area contributed by atoms with Gasteiger partial charge in [-0.15, -0.1) is 0 Å². The van der Waals surface area contributed by atoms with Crippen LogP contribution in [0.3, 0.4) is 0 Å². The van der Waals surface area contributed by atoms with Crippen molar-refractivity contribution in [2.24, 2.45) is 0 Å². The molecule has 18 heavy (non-hydrogen) atoms. The predicted molar refractivity (Wildman–Crippen MR) is 77.2 cm³/mol. The maximum atomic E-state index is 6.09. The summed E-state index contributed by atoms with van der Waals surface area (Å²) in [5.74, 6) is 0. The van der Waals surface area contributed by atoms with E-state index in [-0.39, 0.29) is 6.04 Å². The van der Waals surface area contributed by atoms with E-state index in [0.717, 1.165) is 13.0 Å². The summed E-state index contributed by atoms with van der Waals surface area (Å²) in [6, 6.07) is 8.89. The number of fused-ring (bicyclic) bond motifs is 1. The van der Waals surface area contributed by atoms with E-state index in [0.29, 0.717) is 6.42 Å². The Balaban J connectivity index is 1.92. The summed E-state index contributed by atoms with van der Waals surface area (Å²) in [6.45, 7) is 1.01. The van der Waals surface area contributed by atoms with Crippen LogP contribution in [-0.2, 0) is 6.42 Å². The first-order chi connectivity index (χ1) is 8.66. The van der Waals surface area contributed by atoms with Crippen molar-refractivity contribution in [2.75, 3.05) is 6.54 Å². The van der Waals surface area contributed by atoms with Crippen molar-refractivity contribution < 1.29 is 0 Å². The molecule has 0 radical (unpaired) electrons. The third-order valence-corrected chi connectivity index (χ3v) is 4.13. The van der Waals surface area contributed by atoms with Crippen LogP contribution in [-0.4, -0.2) is 10.9 Å². The van der Waals surface area contributed by atoms with Crippen molar-refractivity contribution in [1.29, 1.82) is 0 Å². The van der Waals surface area contributed by atoms with Crippen LogP contribution in [0.25, 0.3) is 0 Å². The Morgan fingerprint density at radius 2 is 2.06 bits per heavy atom. The largest absolute Gasteiger partial charge is 0.306 e. The van der Waals surface area contributed by atoms with Gasteiger partial charge in [0.1, 0.15) is 4.33 Å². The molecule has 0 aromatic heterocycles. The van der Waals surface area contributed by atoms with Gasteiger partial charge in [0.25, 0.3) is 0 Å². The van der Waals surface area contributed by atoms with Crippen LogP contribution >= 0.6 is 23.2 Å². The van der Waals surface area contributed by atoms with Gasteiger partial charge < -0.3 is 5.32 Å². The van der Waals surface area contributed by atoms with Gasteiger partial charge in [-0.25, -0.2) is 0 Å². The molecule has 1 aromatic rings. The Hall–Kier alpha value is -0.760. The molecule has 1 aromatic carbocycles. The van der Waals surface area contributed by atoms with Crippen LogP contribution < -0.4 is 5.32 Å². The van der Waals surface area contributed by atoms with Crippen LogP contribution in [0, 0.1) is 0 Å². The van der Waals surface area contributed by atoms with E-state index in [4.69, 9.17) is 23.2 Å². The molecule has 1 aliphatic carbocycles. The Bertz CT molecular complexity index is 517. The zero-order chi connectivity index (χ0) is 12.6. The smallest absolute Gasteiger partial charge is 0.140 e. The molecule has 0 spiro atoms. The van der Waals surface area contributed by atoms with Gasteiger partial charge in [0, 0.05) is 13.0 Å². The predicted octanol–water partition coefficient (Wildman–Crippen LogP) is 3.93. The lowest BCUT2D eigenvalue weighted by Gasteiger charge is -2.30. The summed E-state index contributed by atoms with van der Waals surface area (Å²) in [5.41, 5.74) is 4.07. The number of alkyl halides is 2. The summed E-state index contributed by atoms with van der Waals surface area (Å²) in [7, 11) is 0. The van der Waals surface area contributed by atoms with Crippen molar-refractivity contribution in [1.82, 2.24) is 5.32 Å². The molecule has 0 saturated heterocycles. The maximum Gasteiger partial charge on any atom is 0.140 e. The molecule has 1 atom stereocenters. The fraction of sp³-hybridized carbons (Fsp3) is 0.333.